The maximum Gasteiger partial charge on any atom is 0.198 e. The molecule has 1 aliphatic heterocycles. The smallest absolute Gasteiger partial charge is 0.198 e. The van der Waals surface area contributed by atoms with E-state index in [4.69, 9.17) is 4.74 Å². The van der Waals surface area contributed by atoms with Crippen LogP contribution in [0.3, 0.4) is 0 Å². The molecule has 0 atom stereocenters. The second kappa shape index (κ2) is 6.92. The normalized spacial score (nSPS) is 15.0. The monoisotopic (exact) mass is 329 g/mol. The minimum absolute atomic E-state index is 0. The van der Waals surface area contributed by atoms with Crippen molar-refractivity contribution in [2.24, 2.45) is 15.2 Å². The van der Waals surface area contributed by atoms with Crippen LogP contribution in [-0.2, 0) is 5.41 Å². The van der Waals surface area contributed by atoms with E-state index in [0.29, 0.717) is 0 Å². The highest BCUT2D eigenvalue weighted by Crippen LogP contribution is 2.45. The van der Waals surface area contributed by atoms with Crippen LogP contribution < -0.4 is 4.74 Å². The highest BCUT2D eigenvalue weighted by molar-refractivity contribution is 6.01. The maximum atomic E-state index is 5.53. The summed E-state index contributed by atoms with van der Waals surface area (Å²) in [5.41, 5.74) is 3.98. The van der Waals surface area contributed by atoms with Crippen LogP contribution in [0.5, 0.6) is 5.75 Å². The van der Waals surface area contributed by atoms with Gasteiger partial charge in [0.2, 0.25) is 0 Å². The van der Waals surface area contributed by atoms with Gasteiger partial charge >= 0.3 is 0 Å². The van der Waals surface area contributed by atoms with Gasteiger partial charge in [-0.1, -0.05) is 38.1 Å². The molecule has 0 spiro atoms. The molecule has 0 aliphatic carbocycles. The van der Waals surface area contributed by atoms with Gasteiger partial charge in [-0.15, -0.1) is 17.5 Å². The third-order valence-corrected chi connectivity index (χ3v) is 4.05. The van der Waals surface area contributed by atoms with Crippen LogP contribution in [-0.4, -0.2) is 12.4 Å². The number of benzene rings is 2. The average Bonchev–Trinajstić information content (AvgIpc) is 2.75. The summed E-state index contributed by atoms with van der Waals surface area (Å²) in [5.74, 6) is 0.791. The van der Waals surface area contributed by atoms with Crippen molar-refractivity contribution in [3.05, 3.63) is 54.1 Å². The van der Waals surface area contributed by atoms with Gasteiger partial charge in [-0.05, 0) is 31.2 Å². The molecule has 3 rings (SSSR count). The lowest BCUT2D eigenvalue weighted by molar-refractivity contribution is 0.323. The minimum Gasteiger partial charge on any atom is -0.470 e. The van der Waals surface area contributed by atoms with E-state index in [1.165, 1.54) is 0 Å². The summed E-state index contributed by atoms with van der Waals surface area (Å²) in [7, 11) is 0. The number of halogens is 1. The van der Waals surface area contributed by atoms with Crippen LogP contribution in [0.2, 0.25) is 0 Å². The second-order valence-corrected chi connectivity index (χ2v) is 5.82. The lowest BCUT2D eigenvalue weighted by Gasteiger charge is -2.21. The molecule has 1 heterocycles. The minimum atomic E-state index is -0.106. The first kappa shape index (κ1) is 17.2. The third kappa shape index (κ3) is 3.42. The van der Waals surface area contributed by atoms with E-state index < -0.39 is 0 Å². The van der Waals surface area contributed by atoms with Gasteiger partial charge in [0.05, 0.1) is 11.4 Å². The number of azo groups is 1. The molecule has 0 aromatic heterocycles. The SMILES string of the molecule is CC1=Nc2cccc(N=NCOc3ccccc3)c2C1(C)C.Cl. The Labute approximate surface area is 142 Å². The Morgan fingerprint density at radius 3 is 2.52 bits per heavy atom. The summed E-state index contributed by atoms with van der Waals surface area (Å²) >= 11 is 0. The lowest BCUT2D eigenvalue weighted by atomic mass is 9.81. The van der Waals surface area contributed by atoms with Crippen molar-refractivity contribution < 1.29 is 4.74 Å². The van der Waals surface area contributed by atoms with Crippen LogP contribution in [0.15, 0.2) is 63.8 Å². The lowest BCUT2D eigenvalue weighted by Crippen LogP contribution is -2.22. The molecule has 1 aliphatic rings. The van der Waals surface area contributed by atoms with E-state index in [1.54, 1.807) is 0 Å². The number of para-hydroxylation sites is 1. The van der Waals surface area contributed by atoms with Crippen molar-refractivity contribution in [3.63, 3.8) is 0 Å². The second-order valence-electron chi connectivity index (χ2n) is 5.82. The molecular weight excluding hydrogens is 310 g/mol. The number of rotatable bonds is 4. The highest BCUT2D eigenvalue weighted by Gasteiger charge is 2.34. The summed E-state index contributed by atoms with van der Waals surface area (Å²) in [4.78, 5) is 4.63. The first-order chi connectivity index (χ1) is 10.6. The Kier molecular flexibility index (Phi) is 5.16. The standard InChI is InChI=1S/C18H19N3O.ClH/c1-13-18(2,3)17-15(20-13)10-7-11-16(17)21-19-12-22-14-8-5-4-6-9-14;/h4-11H,12H2,1-3H3;1H. The van der Waals surface area contributed by atoms with Gasteiger partial charge in [0, 0.05) is 16.7 Å². The molecule has 0 N–H and O–H groups in total. The predicted molar refractivity (Wildman–Crippen MR) is 95.9 cm³/mol. The van der Waals surface area contributed by atoms with Crippen LogP contribution in [0.1, 0.15) is 26.3 Å². The summed E-state index contributed by atoms with van der Waals surface area (Å²) in [6.45, 7) is 6.59. The number of fused-ring (bicyclic) bond motifs is 1. The van der Waals surface area contributed by atoms with Crippen molar-refractivity contribution >= 4 is 29.5 Å². The van der Waals surface area contributed by atoms with E-state index in [0.717, 1.165) is 28.4 Å². The molecule has 0 amide bonds. The quantitative estimate of drug-likeness (QED) is 0.672. The molecule has 0 unspecified atom stereocenters. The summed E-state index contributed by atoms with van der Waals surface area (Å²) in [6.07, 6.45) is 0. The number of hydrogen-bond donors (Lipinski definition) is 0. The van der Waals surface area contributed by atoms with Gasteiger partial charge in [-0.25, -0.2) is 0 Å². The topological polar surface area (TPSA) is 46.3 Å². The summed E-state index contributed by atoms with van der Waals surface area (Å²) in [5, 5.41) is 8.51. The number of hydrogen-bond acceptors (Lipinski definition) is 4. The molecule has 0 saturated carbocycles. The summed E-state index contributed by atoms with van der Waals surface area (Å²) in [6, 6.07) is 15.6. The molecule has 0 fully saturated rings. The van der Waals surface area contributed by atoms with E-state index in [-0.39, 0.29) is 24.6 Å². The molecular formula is C18H20ClN3O. The average molecular weight is 330 g/mol. The van der Waals surface area contributed by atoms with Gasteiger partial charge in [-0.2, -0.15) is 5.11 Å². The Hall–Kier alpha value is -2.20. The fourth-order valence-corrected chi connectivity index (χ4v) is 2.57. The molecule has 0 radical (unpaired) electrons. The molecule has 0 bridgehead atoms. The van der Waals surface area contributed by atoms with E-state index >= 15 is 0 Å². The van der Waals surface area contributed by atoms with Gasteiger partial charge in [-0.3, -0.25) is 4.99 Å². The van der Waals surface area contributed by atoms with Gasteiger partial charge in [0.25, 0.3) is 0 Å². The molecule has 2 aromatic carbocycles. The van der Waals surface area contributed by atoms with E-state index in [2.05, 4.69) is 36.0 Å². The molecule has 23 heavy (non-hydrogen) atoms. The molecule has 2 aromatic rings. The Morgan fingerprint density at radius 2 is 1.78 bits per heavy atom. The Balaban J connectivity index is 0.00000192. The Morgan fingerprint density at radius 1 is 1.04 bits per heavy atom. The zero-order valence-electron chi connectivity index (χ0n) is 13.5. The largest absolute Gasteiger partial charge is 0.470 e. The number of ether oxygens (including phenoxy) is 1. The molecule has 120 valence electrons. The fraction of sp³-hybridized carbons (Fsp3) is 0.278. The van der Waals surface area contributed by atoms with Crippen LogP contribution in [0, 0.1) is 0 Å². The maximum absolute atomic E-state index is 5.53. The fourth-order valence-electron chi connectivity index (χ4n) is 2.57. The van der Waals surface area contributed by atoms with Crippen molar-refractivity contribution in [1.29, 1.82) is 0 Å². The first-order valence-electron chi connectivity index (χ1n) is 7.33. The highest BCUT2D eigenvalue weighted by atomic mass is 35.5. The number of nitrogens with zero attached hydrogens (tertiary/aromatic N) is 3. The van der Waals surface area contributed by atoms with Gasteiger partial charge < -0.3 is 4.74 Å². The van der Waals surface area contributed by atoms with Crippen LogP contribution in [0.25, 0.3) is 0 Å². The molecule has 4 nitrogen and oxygen atoms in total. The van der Waals surface area contributed by atoms with E-state index in [1.807, 2.05) is 48.5 Å². The third-order valence-electron chi connectivity index (χ3n) is 4.05. The van der Waals surface area contributed by atoms with Gasteiger partial charge in [0.15, 0.2) is 6.73 Å². The van der Waals surface area contributed by atoms with Crippen molar-refractivity contribution in [2.75, 3.05) is 6.73 Å². The predicted octanol–water partition coefficient (Wildman–Crippen LogP) is 5.61. The zero-order valence-corrected chi connectivity index (χ0v) is 14.3. The summed E-state index contributed by atoms with van der Waals surface area (Å²) < 4.78 is 5.53. The first-order valence-corrected chi connectivity index (χ1v) is 7.33. The van der Waals surface area contributed by atoms with Gasteiger partial charge in [0.1, 0.15) is 5.75 Å². The van der Waals surface area contributed by atoms with Crippen molar-refractivity contribution in [2.45, 2.75) is 26.2 Å². The Bertz CT molecular complexity index is 739. The molecule has 5 heteroatoms. The molecule has 0 saturated heterocycles. The van der Waals surface area contributed by atoms with E-state index in [9.17, 15) is 0 Å². The van der Waals surface area contributed by atoms with Crippen LogP contribution >= 0.6 is 12.4 Å². The van der Waals surface area contributed by atoms with Crippen LogP contribution in [0.4, 0.5) is 11.4 Å². The zero-order chi connectivity index (χ0) is 15.6. The van der Waals surface area contributed by atoms with Crippen molar-refractivity contribution in [1.82, 2.24) is 0 Å². The number of aliphatic imine (C=N–C) groups is 1. The van der Waals surface area contributed by atoms with Crippen molar-refractivity contribution in [3.8, 4) is 5.75 Å².